The maximum atomic E-state index is 11.0. The number of hydrogen-bond acceptors (Lipinski definition) is 3. The summed E-state index contributed by atoms with van der Waals surface area (Å²) in [7, 11) is 1.21. The number of alkyl halides is 2. The lowest BCUT2D eigenvalue weighted by Crippen LogP contribution is -2.42. The average Bonchev–Trinajstić information content (AvgIpc) is 2.23. The average molecular weight is 212 g/mol. The summed E-state index contributed by atoms with van der Waals surface area (Å²) >= 11 is 11.4. The summed E-state index contributed by atoms with van der Waals surface area (Å²) in [5.74, 6) is -0.985. The minimum atomic E-state index is -1.38. The van der Waals surface area contributed by atoms with Crippen molar-refractivity contribution < 1.29 is 14.3 Å². The molecule has 12 heavy (non-hydrogen) atoms. The lowest BCUT2D eigenvalue weighted by atomic mass is 10.2. The zero-order chi connectivity index (χ0) is 9.35. The molecule has 6 heteroatoms. The van der Waals surface area contributed by atoms with Crippen LogP contribution in [0.1, 0.15) is 6.42 Å². The first kappa shape index (κ1) is 9.61. The predicted octanol–water partition coefficient (Wildman–Crippen LogP) is 0.222. The number of amides is 1. The van der Waals surface area contributed by atoms with Crippen molar-refractivity contribution >= 4 is 35.1 Å². The van der Waals surface area contributed by atoms with Crippen molar-refractivity contribution in [1.29, 1.82) is 0 Å². The fourth-order valence-electron chi connectivity index (χ4n) is 0.983. The van der Waals surface area contributed by atoms with E-state index in [4.69, 9.17) is 23.2 Å². The molecule has 1 amide bonds. The monoisotopic (exact) mass is 211 g/mol. The van der Waals surface area contributed by atoms with Gasteiger partial charge in [-0.25, -0.2) is 4.79 Å². The molecule has 1 fully saturated rings. The molecule has 1 heterocycles. The molecule has 0 aromatic carbocycles. The molecule has 4 nitrogen and oxygen atoms in total. The maximum absolute atomic E-state index is 11.0. The third kappa shape index (κ3) is 1.64. The highest BCUT2D eigenvalue weighted by atomic mass is 35.5. The van der Waals surface area contributed by atoms with Gasteiger partial charge in [0, 0.05) is 0 Å². The Morgan fingerprint density at radius 1 is 1.75 bits per heavy atom. The minimum Gasteiger partial charge on any atom is -0.467 e. The first-order valence-corrected chi connectivity index (χ1v) is 3.98. The molecule has 0 saturated carbocycles. The van der Waals surface area contributed by atoms with Crippen LogP contribution in [0.3, 0.4) is 0 Å². The van der Waals surface area contributed by atoms with Gasteiger partial charge >= 0.3 is 5.97 Å². The Morgan fingerprint density at radius 2 is 2.33 bits per heavy atom. The van der Waals surface area contributed by atoms with E-state index in [1.165, 1.54) is 7.11 Å². The lowest BCUT2D eigenvalue weighted by Gasteiger charge is -2.17. The van der Waals surface area contributed by atoms with Crippen molar-refractivity contribution in [3.05, 3.63) is 0 Å². The Balaban J connectivity index is 2.78. The van der Waals surface area contributed by atoms with Crippen LogP contribution in [0.4, 0.5) is 0 Å². The van der Waals surface area contributed by atoms with Crippen LogP contribution < -0.4 is 5.32 Å². The molecule has 0 aromatic rings. The molecule has 0 radical (unpaired) electrons. The number of methoxy groups -OCH3 is 1. The summed E-state index contributed by atoms with van der Waals surface area (Å²) in [4.78, 5) is 21.8. The van der Waals surface area contributed by atoms with Gasteiger partial charge in [-0.05, 0) is 0 Å². The van der Waals surface area contributed by atoms with Gasteiger partial charge in [-0.3, -0.25) is 4.79 Å². The van der Waals surface area contributed by atoms with Crippen molar-refractivity contribution in [2.24, 2.45) is 0 Å². The van der Waals surface area contributed by atoms with Crippen LogP contribution in [0.25, 0.3) is 0 Å². The number of halogens is 2. The first-order chi connectivity index (χ1) is 5.47. The molecule has 1 aliphatic heterocycles. The summed E-state index contributed by atoms with van der Waals surface area (Å²) in [6, 6.07) is -0.960. The predicted molar refractivity (Wildman–Crippen MR) is 43.0 cm³/mol. The Hall–Kier alpha value is -0.480. The highest BCUT2D eigenvalue weighted by Gasteiger charge is 2.49. The van der Waals surface area contributed by atoms with E-state index in [0.717, 1.165) is 0 Å². The van der Waals surface area contributed by atoms with Gasteiger partial charge in [0.05, 0.1) is 13.5 Å². The molecular formula is C6H7Cl2NO3. The van der Waals surface area contributed by atoms with E-state index in [0.29, 0.717) is 0 Å². The number of carbonyl (C=O) groups excluding carboxylic acids is 2. The van der Waals surface area contributed by atoms with Crippen molar-refractivity contribution in [2.45, 2.75) is 16.8 Å². The zero-order valence-electron chi connectivity index (χ0n) is 6.27. The molecule has 1 saturated heterocycles. The second-order valence-corrected chi connectivity index (χ2v) is 4.00. The van der Waals surface area contributed by atoms with Crippen molar-refractivity contribution in [3.63, 3.8) is 0 Å². The molecule has 1 rings (SSSR count). The van der Waals surface area contributed by atoms with Crippen LogP contribution in [-0.2, 0) is 14.3 Å². The number of rotatable bonds is 1. The zero-order valence-corrected chi connectivity index (χ0v) is 7.78. The van der Waals surface area contributed by atoms with Gasteiger partial charge in [0.2, 0.25) is 5.91 Å². The van der Waals surface area contributed by atoms with Crippen LogP contribution in [0.5, 0.6) is 0 Å². The molecule has 0 bridgehead atoms. The van der Waals surface area contributed by atoms with Gasteiger partial charge in [-0.15, -0.1) is 0 Å². The van der Waals surface area contributed by atoms with Crippen LogP contribution in [0.2, 0.25) is 0 Å². The van der Waals surface area contributed by atoms with Gasteiger partial charge in [-0.1, -0.05) is 23.2 Å². The Kier molecular flexibility index (Phi) is 2.49. The highest BCUT2D eigenvalue weighted by molar-refractivity contribution is 6.51. The molecule has 1 aliphatic rings. The molecular weight excluding hydrogens is 205 g/mol. The number of esters is 1. The smallest absolute Gasteiger partial charge is 0.331 e. The second-order valence-electron chi connectivity index (χ2n) is 2.46. The molecule has 68 valence electrons. The summed E-state index contributed by atoms with van der Waals surface area (Å²) in [5, 5.41) is 2.32. The van der Waals surface area contributed by atoms with E-state index in [1.54, 1.807) is 0 Å². The molecule has 0 aromatic heterocycles. The third-order valence-electron chi connectivity index (χ3n) is 1.56. The van der Waals surface area contributed by atoms with Gasteiger partial charge in [0.1, 0.15) is 0 Å². The Bertz CT molecular complexity index is 229. The Morgan fingerprint density at radius 3 is 2.67 bits per heavy atom. The number of hydrogen-bond donors (Lipinski definition) is 1. The molecule has 0 aliphatic carbocycles. The van der Waals surface area contributed by atoms with Crippen LogP contribution >= 0.6 is 23.2 Å². The van der Waals surface area contributed by atoms with Gasteiger partial charge in [0.25, 0.3) is 0 Å². The summed E-state index contributed by atoms with van der Waals surface area (Å²) in [5.41, 5.74) is 0. The topological polar surface area (TPSA) is 55.4 Å². The molecule has 1 N–H and O–H groups in total. The fourth-order valence-corrected chi connectivity index (χ4v) is 1.51. The van der Waals surface area contributed by atoms with Crippen molar-refractivity contribution in [2.75, 3.05) is 7.11 Å². The van der Waals surface area contributed by atoms with Gasteiger partial charge in [0.15, 0.2) is 10.4 Å². The molecule has 0 spiro atoms. The minimum absolute atomic E-state index is 0.0874. The summed E-state index contributed by atoms with van der Waals surface area (Å²) in [6.07, 6.45) is -0.0874. The van der Waals surface area contributed by atoms with Crippen molar-refractivity contribution in [3.8, 4) is 0 Å². The van der Waals surface area contributed by atoms with E-state index < -0.39 is 16.3 Å². The normalized spacial score (nSPS) is 26.6. The number of carbonyl (C=O) groups is 2. The van der Waals surface area contributed by atoms with Gasteiger partial charge < -0.3 is 10.1 Å². The van der Waals surface area contributed by atoms with E-state index >= 15 is 0 Å². The van der Waals surface area contributed by atoms with E-state index in [2.05, 4.69) is 10.1 Å². The van der Waals surface area contributed by atoms with Crippen LogP contribution in [0, 0.1) is 0 Å². The fraction of sp³-hybridized carbons (Fsp3) is 0.667. The lowest BCUT2D eigenvalue weighted by molar-refractivity contribution is -0.143. The van der Waals surface area contributed by atoms with E-state index in [-0.39, 0.29) is 12.3 Å². The van der Waals surface area contributed by atoms with Crippen LogP contribution in [0.15, 0.2) is 0 Å². The number of ether oxygens (including phenoxy) is 1. The SMILES string of the molecule is COC(=O)[C@H]1NC(=O)CC1(Cl)Cl. The van der Waals surface area contributed by atoms with E-state index in [1.807, 2.05) is 0 Å². The summed E-state index contributed by atoms with van der Waals surface area (Å²) in [6.45, 7) is 0. The van der Waals surface area contributed by atoms with Crippen molar-refractivity contribution in [1.82, 2.24) is 5.32 Å². The third-order valence-corrected chi connectivity index (χ3v) is 2.26. The largest absolute Gasteiger partial charge is 0.467 e. The van der Waals surface area contributed by atoms with Crippen LogP contribution in [-0.4, -0.2) is 29.4 Å². The molecule has 0 unspecified atom stereocenters. The standard InChI is InChI=1S/C6H7Cl2NO3/c1-12-5(11)4-6(7,8)2-3(10)9-4/h4H,2H2,1H3,(H,9,10)/t4-/m1/s1. The molecule has 1 atom stereocenters. The quantitative estimate of drug-likeness (QED) is 0.499. The second kappa shape index (κ2) is 3.11. The number of nitrogens with one attached hydrogen (secondary N) is 1. The highest BCUT2D eigenvalue weighted by Crippen LogP contribution is 2.34. The Labute approximate surface area is 79.2 Å². The maximum Gasteiger partial charge on any atom is 0.331 e. The first-order valence-electron chi connectivity index (χ1n) is 3.22. The van der Waals surface area contributed by atoms with E-state index in [9.17, 15) is 9.59 Å². The summed E-state index contributed by atoms with van der Waals surface area (Å²) < 4.78 is 3.01. The van der Waals surface area contributed by atoms with Gasteiger partial charge in [-0.2, -0.15) is 0 Å².